The molecule has 1 aromatic heterocycles. The fourth-order valence-electron chi connectivity index (χ4n) is 1.73. The molecule has 18 heavy (non-hydrogen) atoms. The van der Waals surface area contributed by atoms with Gasteiger partial charge in [-0.1, -0.05) is 0 Å². The summed E-state index contributed by atoms with van der Waals surface area (Å²) in [5.41, 5.74) is 0.647. The monoisotopic (exact) mass is 248 g/mol. The molecule has 1 aromatic carbocycles. The van der Waals surface area contributed by atoms with Crippen LogP contribution in [-0.2, 0) is 0 Å². The second kappa shape index (κ2) is 3.66. The number of fused-ring (bicyclic) bond motifs is 1. The second-order valence-corrected chi connectivity index (χ2v) is 3.67. The minimum Gasteiger partial charge on any atom is -0.504 e. The van der Waals surface area contributed by atoms with Crippen LogP contribution in [0, 0.1) is 0 Å². The Kier molecular flexibility index (Phi) is 2.12. The molecule has 0 unspecified atom stereocenters. The van der Waals surface area contributed by atoms with Gasteiger partial charge in [-0.2, -0.15) is 5.10 Å². The van der Waals surface area contributed by atoms with Gasteiger partial charge in [0.05, 0.1) is 5.69 Å². The Hall–Kier alpha value is -2.70. The van der Waals surface area contributed by atoms with E-state index in [1.165, 1.54) is 6.07 Å². The van der Waals surface area contributed by atoms with Crippen molar-refractivity contribution in [3.8, 4) is 28.5 Å². The summed E-state index contributed by atoms with van der Waals surface area (Å²) in [6.07, 6.45) is 0. The molecule has 0 atom stereocenters. The minimum atomic E-state index is -1.12. The van der Waals surface area contributed by atoms with E-state index in [2.05, 4.69) is 10.2 Å². The molecule has 2 aromatic rings. The number of aromatic amines is 1. The van der Waals surface area contributed by atoms with Gasteiger partial charge in [-0.15, -0.1) is 0 Å². The standard InChI is InChI=1S/C11H8N2O5/c14-9-5(1-2-8-10(9)18-4-17-8)6-3-7(11(15)16)13-12-6/h1-3,14H,4H2,(H,12,13)(H,15,16). The largest absolute Gasteiger partial charge is 0.504 e. The van der Waals surface area contributed by atoms with Crippen molar-refractivity contribution in [3.05, 3.63) is 23.9 Å². The van der Waals surface area contributed by atoms with E-state index in [0.717, 1.165) is 0 Å². The maximum atomic E-state index is 10.7. The summed E-state index contributed by atoms with van der Waals surface area (Å²) >= 11 is 0. The Labute approximate surface area is 101 Å². The van der Waals surface area contributed by atoms with Crippen LogP contribution in [0.4, 0.5) is 0 Å². The van der Waals surface area contributed by atoms with Gasteiger partial charge in [0.15, 0.2) is 11.5 Å². The molecule has 1 aliphatic rings. The van der Waals surface area contributed by atoms with Crippen molar-refractivity contribution < 1.29 is 24.5 Å². The Morgan fingerprint density at radius 2 is 2.22 bits per heavy atom. The number of rotatable bonds is 2. The molecule has 92 valence electrons. The van der Waals surface area contributed by atoms with Gasteiger partial charge in [-0.25, -0.2) is 4.79 Å². The number of aromatic hydroxyl groups is 1. The number of nitrogens with zero attached hydrogens (tertiary/aromatic N) is 1. The van der Waals surface area contributed by atoms with Crippen LogP contribution in [-0.4, -0.2) is 33.2 Å². The van der Waals surface area contributed by atoms with Crippen LogP contribution in [0.1, 0.15) is 10.5 Å². The molecule has 2 heterocycles. The van der Waals surface area contributed by atoms with Crippen molar-refractivity contribution in [2.75, 3.05) is 6.79 Å². The van der Waals surface area contributed by atoms with Gasteiger partial charge >= 0.3 is 5.97 Å². The highest BCUT2D eigenvalue weighted by molar-refractivity contribution is 5.87. The number of nitrogens with one attached hydrogen (secondary N) is 1. The topological polar surface area (TPSA) is 105 Å². The zero-order valence-electron chi connectivity index (χ0n) is 9.01. The predicted octanol–water partition coefficient (Wildman–Crippen LogP) is 1.21. The average molecular weight is 248 g/mol. The Morgan fingerprint density at radius 3 is 2.94 bits per heavy atom. The SMILES string of the molecule is O=C(O)c1cc(-c2ccc3c(c2O)OCO3)n[nH]1. The molecular formula is C11H8N2O5. The van der Waals surface area contributed by atoms with Crippen molar-refractivity contribution in [3.63, 3.8) is 0 Å². The maximum Gasteiger partial charge on any atom is 0.353 e. The quantitative estimate of drug-likeness (QED) is 0.737. The van der Waals surface area contributed by atoms with Crippen molar-refractivity contribution in [1.29, 1.82) is 0 Å². The summed E-state index contributed by atoms with van der Waals surface area (Å²) in [6.45, 7) is 0.0489. The Bertz CT molecular complexity index is 634. The van der Waals surface area contributed by atoms with E-state index in [1.807, 2.05) is 0 Å². The van der Waals surface area contributed by atoms with Gasteiger partial charge in [-0.3, -0.25) is 5.10 Å². The third-order valence-electron chi connectivity index (χ3n) is 2.60. The minimum absolute atomic E-state index is 0.0489. The zero-order valence-corrected chi connectivity index (χ0v) is 9.01. The molecule has 0 saturated heterocycles. The number of carboxylic acids is 1. The molecule has 3 N–H and O–H groups in total. The smallest absolute Gasteiger partial charge is 0.353 e. The number of aromatic nitrogens is 2. The van der Waals surface area contributed by atoms with Gasteiger partial charge in [0.1, 0.15) is 5.69 Å². The molecule has 0 aliphatic carbocycles. The molecule has 0 saturated carbocycles. The van der Waals surface area contributed by atoms with E-state index in [-0.39, 0.29) is 24.0 Å². The molecule has 0 radical (unpaired) electrons. The lowest BCUT2D eigenvalue weighted by atomic mass is 10.1. The lowest BCUT2D eigenvalue weighted by molar-refractivity contribution is 0.0690. The number of phenols is 1. The van der Waals surface area contributed by atoms with Gasteiger partial charge < -0.3 is 19.7 Å². The summed E-state index contributed by atoms with van der Waals surface area (Å²) in [6, 6.07) is 4.55. The fourth-order valence-corrected chi connectivity index (χ4v) is 1.73. The van der Waals surface area contributed by atoms with Crippen molar-refractivity contribution in [2.45, 2.75) is 0 Å². The lowest BCUT2D eigenvalue weighted by Gasteiger charge is -2.04. The van der Waals surface area contributed by atoms with Crippen LogP contribution >= 0.6 is 0 Å². The van der Waals surface area contributed by atoms with Crippen LogP contribution in [0.3, 0.4) is 0 Å². The van der Waals surface area contributed by atoms with Gasteiger partial charge in [0.25, 0.3) is 0 Å². The number of hydrogen-bond acceptors (Lipinski definition) is 5. The van der Waals surface area contributed by atoms with Gasteiger partial charge in [-0.05, 0) is 18.2 Å². The first-order valence-corrected chi connectivity index (χ1v) is 5.07. The molecule has 0 spiro atoms. The first-order valence-electron chi connectivity index (χ1n) is 5.07. The highest BCUT2D eigenvalue weighted by atomic mass is 16.7. The van der Waals surface area contributed by atoms with Crippen molar-refractivity contribution in [2.24, 2.45) is 0 Å². The zero-order chi connectivity index (χ0) is 12.7. The van der Waals surface area contributed by atoms with Crippen LogP contribution in [0.5, 0.6) is 17.2 Å². The number of ether oxygens (including phenoxy) is 2. The molecule has 7 nitrogen and oxygen atoms in total. The predicted molar refractivity (Wildman–Crippen MR) is 58.8 cm³/mol. The highest BCUT2D eigenvalue weighted by Crippen LogP contribution is 2.45. The average Bonchev–Trinajstić information content (AvgIpc) is 2.97. The highest BCUT2D eigenvalue weighted by Gasteiger charge is 2.22. The van der Waals surface area contributed by atoms with Crippen molar-refractivity contribution >= 4 is 5.97 Å². The van der Waals surface area contributed by atoms with Crippen LogP contribution in [0.25, 0.3) is 11.3 Å². The first kappa shape index (κ1) is 10.5. The van der Waals surface area contributed by atoms with E-state index >= 15 is 0 Å². The molecule has 7 heteroatoms. The van der Waals surface area contributed by atoms with E-state index in [0.29, 0.717) is 17.0 Å². The molecule has 0 bridgehead atoms. The van der Waals surface area contributed by atoms with Crippen LogP contribution < -0.4 is 9.47 Å². The third-order valence-corrected chi connectivity index (χ3v) is 2.60. The molecular weight excluding hydrogens is 240 g/mol. The number of aromatic carboxylic acids is 1. The van der Waals surface area contributed by atoms with Crippen LogP contribution in [0.2, 0.25) is 0 Å². The fraction of sp³-hybridized carbons (Fsp3) is 0.0909. The second-order valence-electron chi connectivity index (χ2n) is 3.67. The molecule has 1 aliphatic heterocycles. The Morgan fingerprint density at radius 1 is 1.39 bits per heavy atom. The normalized spacial score (nSPS) is 12.7. The van der Waals surface area contributed by atoms with Crippen LogP contribution in [0.15, 0.2) is 18.2 Å². The van der Waals surface area contributed by atoms with Crippen molar-refractivity contribution in [1.82, 2.24) is 10.2 Å². The van der Waals surface area contributed by atoms with E-state index in [9.17, 15) is 9.90 Å². The van der Waals surface area contributed by atoms with Gasteiger partial charge in [0.2, 0.25) is 12.5 Å². The van der Waals surface area contributed by atoms with E-state index in [1.54, 1.807) is 12.1 Å². The number of carboxylic acid groups (broad SMARTS) is 1. The summed E-state index contributed by atoms with van der Waals surface area (Å²) in [4.78, 5) is 10.7. The number of hydrogen-bond donors (Lipinski definition) is 3. The summed E-state index contributed by atoms with van der Waals surface area (Å²) in [5.74, 6) is -0.542. The first-order chi connectivity index (χ1) is 8.66. The number of H-pyrrole nitrogens is 1. The number of phenolic OH excluding ortho intramolecular Hbond substituents is 1. The summed E-state index contributed by atoms with van der Waals surface area (Å²) in [7, 11) is 0. The molecule has 0 fully saturated rings. The van der Waals surface area contributed by atoms with E-state index in [4.69, 9.17) is 14.6 Å². The maximum absolute atomic E-state index is 10.7. The van der Waals surface area contributed by atoms with E-state index < -0.39 is 5.97 Å². The number of carbonyl (C=O) groups is 1. The molecule has 3 rings (SSSR count). The summed E-state index contributed by atoms with van der Waals surface area (Å²) < 4.78 is 10.2. The lowest BCUT2D eigenvalue weighted by Crippen LogP contribution is -1.95. The number of benzene rings is 1. The Balaban J connectivity index is 2.09. The third kappa shape index (κ3) is 1.45. The van der Waals surface area contributed by atoms with Gasteiger partial charge in [0, 0.05) is 5.56 Å². The summed E-state index contributed by atoms with van der Waals surface area (Å²) in [5, 5.41) is 25.0. The molecule has 0 amide bonds.